The van der Waals surface area contributed by atoms with Gasteiger partial charge in [-0.15, -0.1) is 0 Å². The first-order valence-electron chi connectivity index (χ1n) is 12.3. The Labute approximate surface area is 201 Å². The number of hydrogen-bond donors (Lipinski definition) is 2. The maximum Gasteiger partial charge on any atom is 0.251 e. The summed E-state index contributed by atoms with van der Waals surface area (Å²) < 4.78 is 0. The van der Waals surface area contributed by atoms with Crippen molar-refractivity contribution in [2.45, 2.75) is 37.8 Å². The van der Waals surface area contributed by atoms with E-state index < -0.39 is 0 Å². The van der Waals surface area contributed by atoms with E-state index in [0.29, 0.717) is 11.6 Å². The van der Waals surface area contributed by atoms with E-state index in [9.17, 15) is 4.79 Å². The van der Waals surface area contributed by atoms with Gasteiger partial charge < -0.3 is 20.4 Å². The van der Waals surface area contributed by atoms with Crippen molar-refractivity contribution >= 4 is 22.5 Å². The molecule has 2 saturated heterocycles. The van der Waals surface area contributed by atoms with Gasteiger partial charge in [0.05, 0.1) is 11.2 Å². The number of aromatic nitrogens is 2. The summed E-state index contributed by atoms with van der Waals surface area (Å²) in [5.41, 5.74) is 4.59. The lowest BCUT2D eigenvalue weighted by Crippen LogP contribution is -2.43. The second kappa shape index (κ2) is 10.1. The monoisotopic (exact) mass is 458 g/mol. The van der Waals surface area contributed by atoms with Gasteiger partial charge in [0.1, 0.15) is 0 Å². The lowest BCUT2D eigenvalue weighted by atomic mass is 10.0. The van der Waals surface area contributed by atoms with Crippen LogP contribution in [-0.4, -0.2) is 78.0 Å². The molecule has 7 heteroatoms. The molecule has 2 aromatic heterocycles. The van der Waals surface area contributed by atoms with Crippen LogP contribution in [0.15, 0.2) is 48.8 Å². The van der Waals surface area contributed by atoms with Gasteiger partial charge in [-0.05, 0) is 90.2 Å². The van der Waals surface area contributed by atoms with Crippen LogP contribution in [-0.2, 0) is 0 Å². The van der Waals surface area contributed by atoms with Gasteiger partial charge in [0.15, 0.2) is 0 Å². The highest BCUT2D eigenvalue weighted by Gasteiger charge is 2.20. The summed E-state index contributed by atoms with van der Waals surface area (Å²) in [6, 6.07) is 12.6. The molecular formula is C27H34N6O. The summed E-state index contributed by atoms with van der Waals surface area (Å²) >= 11 is 0. The van der Waals surface area contributed by atoms with Gasteiger partial charge in [-0.3, -0.25) is 9.78 Å². The van der Waals surface area contributed by atoms with E-state index in [1.165, 1.54) is 0 Å². The third kappa shape index (κ3) is 5.21. The number of pyridine rings is 2. The van der Waals surface area contributed by atoms with Crippen LogP contribution in [0.2, 0.25) is 0 Å². The number of hydrogen-bond acceptors (Lipinski definition) is 6. The zero-order chi connectivity index (χ0) is 23.5. The van der Waals surface area contributed by atoms with Gasteiger partial charge in [0.25, 0.3) is 5.91 Å². The number of fused-ring (bicyclic) bond motifs is 1. The third-order valence-corrected chi connectivity index (χ3v) is 7.19. The Hall–Kier alpha value is -3.03. The largest absolute Gasteiger partial charge is 0.382 e. The Bertz CT molecular complexity index is 1130. The molecule has 0 aliphatic carbocycles. The van der Waals surface area contributed by atoms with Crippen molar-refractivity contribution in [2.24, 2.45) is 0 Å². The summed E-state index contributed by atoms with van der Waals surface area (Å²) in [6.45, 7) is 4.27. The van der Waals surface area contributed by atoms with E-state index >= 15 is 0 Å². The second-order valence-electron chi connectivity index (χ2n) is 9.80. The maximum atomic E-state index is 12.8. The Morgan fingerprint density at radius 3 is 2.24 bits per heavy atom. The normalized spacial score (nSPS) is 18.8. The Morgan fingerprint density at radius 2 is 1.56 bits per heavy atom. The van der Waals surface area contributed by atoms with Crippen LogP contribution in [0.1, 0.15) is 36.0 Å². The number of amides is 1. The Morgan fingerprint density at radius 1 is 0.912 bits per heavy atom. The minimum atomic E-state index is 0.00303. The lowest BCUT2D eigenvalue weighted by Gasteiger charge is -2.30. The molecule has 1 aromatic carbocycles. The van der Waals surface area contributed by atoms with Crippen LogP contribution in [0.5, 0.6) is 0 Å². The summed E-state index contributed by atoms with van der Waals surface area (Å²) in [7, 11) is 4.31. The van der Waals surface area contributed by atoms with Crippen molar-refractivity contribution < 1.29 is 4.79 Å². The molecule has 0 spiro atoms. The number of carbonyl (C=O) groups is 1. The van der Waals surface area contributed by atoms with Gasteiger partial charge in [-0.25, -0.2) is 4.98 Å². The number of likely N-dealkylation sites (tertiary alicyclic amines) is 2. The van der Waals surface area contributed by atoms with Crippen LogP contribution in [0.4, 0.5) is 5.69 Å². The molecule has 4 heterocycles. The fourth-order valence-electron chi connectivity index (χ4n) is 4.92. The Kier molecular flexibility index (Phi) is 6.74. The molecule has 0 saturated carbocycles. The van der Waals surface area contributed by atoms with E-state index in [0.717, 1.165) is 79.7 Å². The number of rotatable bonds is 5. The average molecular weight is 459 g/mol. The molecule has 2 N–H and O–H groups in total. The Balaban J connectivity index is 1.34. The molecule has 2 aliphatic heterocycles. The van der Waals surface area contributed by atoms with E-state index in [-0.39, 0.29) is 11.9 Å². The van der Waals surface area contributed by atoms with Gasteiger partial charge in [-0.1, -0.05) is 12.1 Å². The molecule has 0 unspecified atom stereocenters. The molecule has 178 valence electrons. The van der Waals surface area contributed by atoms with Crippen LogP contribution >= 0.6 is 0 Å². The molecule has 7 nitrogen and oxygen atoms in total. The molecule has 1 amide bonds. The molecule has 2 aliphatic rings. The van der Waals surface area contributed by atoms with Crippen LogP contribution in [0, 0.1) is 0 Å². The van der Waals surface area contributed by atoms with Gasteiger partial charge in [-0.2, -0.15) is 0 Å². The van der Waals surface area contributed by atoms with Gasteiger partial charge in [0.2, 0.25) is 0 Å². The number of piperidine rings is 2. The van der Waals surface area contributed by atoms with E-state index in [4.69, 9.17) is 4.98 Å². The first-order valence-corrected chi connectivity index (χ1v) is 12.3. The summed E-state index contributed by atoms with van der Waals surface area (Å²) in [4.78, 5) is 26.7. The fourth-order valence-corrected chi connectivity index (χ4v) is 4.92. The van der Waals surface area contributed by atoms with Crippen LogP contribution in [0.25, 0.3) is 22.2 Å². The van der Waals surface area contributed by atoms with Crippen molar-refractivity contribution in [3.05, 3.63) is 54.4 Å². The minimum Gasteiger partial charge on any atom is -0.382 e. The summed E-state index contributed by atoms with van der Waals surface area (Å²) in [5, 5.41) is 7.99. The molecule has 0 radical (unpaired) electrons. The first kappa shape index (κ1) is 22.7. The van der Waals surface area contributed by atoms with Crippen molar-refractivity contribution in [2.75, 3.05) is 45.6 Å². The second-order valence-corrected chi connectivity index (χ2v) is 9.80. The molecule has 5 rings (SSSR count). The zero-order valence-corrected chi connectivity index (χ0v) is 20.1. The third-order valence-electron chi connectivity index (χ3n) is 7.19. The van der Waals surface area contributed by atoms with Crippen molar-refractivity contribution in [1.82, 2.24) is 25.1 Å². The predicted molar refractivity (Wildman–Crippen MR) is 137 cm³/mol. The molecule has 3 aromatic rings. The molecule has 2 fully saturated rings. The molecular weight excluding hydrogens is 424 g/mol. The highest BCUT2D eigenvalue weighted by molar-refractivity contribution is 5.96. The zero-order valence-electron chi connectivity index (χ0n) is 20.1. The van der Waals surface area contributed by atoms with E-state index in [1.54, 1.807) is 6.20 Å². The molecule has 0 atom stereocenters. The quantitative estimate of drug-likeness (QED) is 0.608. The molecule has 34 heavy (non-hydrogen) atoms. The predicted octanol–water partition coefficient (Wildman–Crippen LogP) is 3.63. The van der Waals surface area contributed by atoms with Gasteiger partial charge >= 0.3 is 0 Å². The van der Waals surface area contributed by atoms with Crippen molar-refractivity contribution in [1.29, 1.82) is 0 Å². The standard InChI is InChI=1S/C27H34N6O/c1-32-13-8-21(9-14-32)29-26-17-25(31-24-7-12-28-18-23(24)26)19-3-5-20(6-4-19)27(34)30-22-10-15-33(2)16-11-22/h3-7,12,17-18,21-22H,8-11,13-16H2,1-2H3,(H,29,31)(H,30,34). The highest BCUT2D eigenvalue weighted by atomic mass is 16.1. The highest BCUT2D eigenvalue weighted by Crippen LogP contribution is 2.29. The van der Waals surface area contributed by atoms with E-state index in [2.05, 4.69) is 45.6 Å². The molecule has 0 bridgehead atoms. The number of anilines is 1. The van der Waals surface area contributed by atoms with Crippen LogP contribution in [0.3, 0.4) is 0 Å². The van der Waals surface area contributed by atoms with Crippen molar-refractivity contribution in [3.63, 3.8) is 0 Å². The minimum absolute atomic E-state index is 0.00303. The SMILES string of the molecule is CN1CCC(NC(=O)c2ccc(-c3cc(NC4CCN(C)CC4)c4cnccc4n3)cc2)CC1. The fraction of sp³-hybridized carbons (Fsp3) is 0.444. The summed E-state index contributed by atoms with van der Waals surface area (Å²) in [6.07, 6.45) is 7.93. The lowest BCUT2D eigenvalue weighted by molar-refractivity contribution is 0.0917. The van der Waals surface area contributed by atoms with Crippen molar-refractivity contribution in [3.8, 4) is 11.3 Å². The number of benzene rings is 1. The number of nitrogens with one attached hydrogen (secondary N) is 2. The van der Waals surface area contributed by atoms with Crippen LogP contribution < -0.4 is 10.6 Å². The average Bonchev–Trinajstić information content (AvgIpc) is 2.87. The number of nitrogens with zero attached hydrogens (tertiary/aromatic N) is 4. The maximum absolute atomic E-state index is 12.8. The first-order chi connectivity index (χ1) is 16.5. The van der Waals surface area contributed by atoms with E-state index in [1.807, 2.05) is 36.5 Å². The van der Waals surface area contributed by atoms with Gasteiger partial charge in [0, 0.05) is 46.7 Å². The smallest absolute Gasteiger partial charge is 0.251 e. The topological polar surface area (TPSA) is 73.4 Å². The summed E-state index contributed by atoms with van der Waals surface area (Å²) in [5.74, 6) is 0.00303. The number of carbonyl (C=O) groups excluding carboxylic acids is 1.